The molecule has 0 aliphatic carbocycles. The summed E-state index contributed by atoms with van der Waals surface area (Å²) in [5.74, 6) is 0.801. The van der Waals surface area contributed by atoms with Gasteiger partial charge in [-0.2, -0.15) is 0 Å². The Morgan fingerprint density at radius 3 is 2.64 bits per heavy atom. The van der Waals surface area contributed by atoms with E-state index >= 15 is 0 Å². The highest BCUT2D eigenvalue weighted by atomic mass is 17.2. The van der Waals surface area contributed by atoms with Crippen LogP contribution in [-0.4, -0.2) is 24.8 Å². The van der Waals surface area contributed by atoms with Gasteiger partial charge in [-0.3, -0.25) is 4.79 Å². The topological polar surface area (TPSA) is 44.8 Å². The lowest BCUT2D eigenvalue weighted by molar-refractivity contribution is -0.419. The molecule has 0 bridgehead atoms. The van der Waals surface area contributed by atoms with Gasteiger partial charge in [0.05, 0.1) is 13.5 Å². The van der Waals surface area contributed by atoms with Crippen LogP contribution in [0.3, 0.4) is 0 Å². The van der Waals surface area contributed by atoms with Gasteiger partial charge in [0, 0.05) is 0 Å². The van der Waals surface area contributed by atoms with E-state index < -0.39 is 0 Å². The summed E-state index contributed by atoms with van der Waals surface area (Å²) >= 11 is 0. The molecule has 0 saturated carbocycles. The number of rotatable bonds is 9. The predicted molar refractivity (Wildman–Crippen MR) is 87.3 cm³/mol. The zero-order chi connectivity index (χ0) is 16.6. The van der Waals surface area contributed by atoms with Gasteiger partial charge < -0.3 is 4.74 Å². The second-order valence-corrected chi connectivity index (χ2v) is 6.94. The van der Waals surface area contributed by atoms with Crippen LogP contribution < -0.4 is 0 Å². The van der Waals surface area contributed by atoms with E-state index in [2.05, 4.69) is 27.7 Å². The maximum Gasteiger partial charge on any atom is 0.308 e. The highest BCUT2D eigenvalue weighted by Crippen LogP contribution is 2.39. The Morgan fingerprint density at radius 2 is 2.09 bits per heavy atom. The van der Waals surface area contributed by atoms with E-state index in [0.29, 0.717) is 11.8 Å². The lowest BCUT2D eigenvalue weighted by Crippen LogP contribution is -2.45. The SMILES string of the molecule is CCCC[C@H](CC)C[C@]1(C)C[C@@H](CC)[C@@H](CC(=O)OC)OO1. The standard InChI is InChI=1S/C18H34O4/c1-6-9-10-14(7-2)12-18(4)13-15(8-3)16(21-22-18)11-17(19)20-5/h14-16H,6-13H2,1-5H3/t14-,15+,16+,18+/m0/s1. The number of carbonyl (C=O) groups is 1. The third-order valence-electron chi connectivity index (χ3n) is 4.98. The van der Waals surface area contributed by atoms with Crippen LogP contribution in [0.25, 0.3) is 0 Å². The second-order valence-electron chi connectivity index (χ2n) is 6.94. The number of esters is 1. The predicted octanol–water partition coefficient (Wildman–Crippen LogP) is 4.66. The third kappa shape index (κ3) is 5.88. The molecule has 0 N–H and O–H groups in total. The Labute approximate surface area is 135 Å². The summed E-state index contributed by atoms with van der Waals surface area (Å²) in [7, 11) is 1.41. The molecular formula is C18H34O4. The van der Waals surface area contributed by atoms with E-state index in [9.17, 15) is 4.79 Å². The number of hydrogen-bond donors (Lipinski definition) is 0. The van der Waals surface area contributed by atoms with Gasteiger partial charge in [0.2, 0.25) is 0 Å². The van der Waals surface area contributed by atoms with E-state index in [1.54, 1.807) is 0 Å². The van der Waals surface area contributed by atoms with Crippen LogP contribution in [0.1, 0.15) is 79.1 Å². The maximum absolute atomic E-state index is 11.5. The van der Waals surface area contributed by atoms with Crippen molar-refractivity contribution < 1.29 is 19.3 Å². The van der Waals surface area contributed by atoms with Crippen LogP contribution in [0, 0.1) is 11.8 Å². The van der Waals surface area contributed by atoms with Crippen LogP contribution in [0.2, 0.25) is 0 Å². The van der Waals surface area contributed by atoms with Crippen molar-refractivity contribution in [1.82, 2.24) is 0 Å². The molecule has 1 rings (SSSR count). The first-order valence-corrected chi connectivity index (χ1v) is 8.89. The summed E-state index contributed by atoms with van der Waals surface area (Å²) in [6.45, 7) is 8.79. The number of carbonyl (C=O) groups excluding carboxylic acids is 1. The molecule has 0 amide bonds. The van der Waals surface area contributed by atoms with Crippen LogP contribution in [0.5, 0.6) is 0 Å². The van der Waals surface area contributed by atoms with E-state index in [1.807, 2.05) is 0 Å². The number of unbranched alkanes of at least 4 members (excludes halogenated alkanes) is 1. The minimum absolute atomic E-state index is 0.179. The largest absolute Gasteiger partial charge is 0.469 e. The van der Waals surface area contributed by atoms with E-state index in [4.69, 9.17) is 14.5 Å². The van der Waals surface area contributed by atoms with Crippen LogP contribution in [0.15, 0.2) is 0 Å². The van der Waals surface area contributed by atoms with Crippen molar-refractivity contribution in [3.63, 3.8) is 0 Å². The van der Waals surface area contributed by atoms with Crippen LogP contribution in [0.4, 0.5) is 0 Å². The summed E-state index contributed by atoms with van der Waals surface area (Å²) in [6.07, 6.45) is 8.03. The van der Waals surface area contributed by atoms with Crippen LogP contribution >= 0.6 is 0 Å². The third-order valence-corrected chi connectivity index (χ3v) is 4.98. The number of ether oxygens (including phenoxy) is 1. The first-order valence-electron chi connectivity index (χ1n) is 8.89. The van der Waals surface area contributed by atoms with Crippen molar-refractivity contribution in [3.8, 4) is 0 Å². The van der Waals surface area contributed by atoms with Crippen molar-refractivity contribution in [2.45, 2.75) is 90.8 Å². The Balaban J connectivity index is 2.60. The molecule has 4 atom stereocenters. The van der Waals surface area contributed by atoms with E-state index in [1.165, 1.54) is 32.8 Å². The molecule has 0 radical (unpaired) electrons. The van der Waals surface area contributed by atoms with Gasteiger partial charge in [0.15, 0.2) is 0 Å². The first-order chi connectivity index (χ1) is 10.5. The van der Waals surface area contributed by atoms with Gasteiger partial charge in [-0.05, 0) is 31.6 Å². The van der Waals surface area contributed by atoms with E-state index in [0.717, 1.165) is 19.3 Å². The van der Waals surface area contributed by atoms with Crippen LogP contribution in [-0.2, 0) is 19.3 Å². The van der Waals surface area contributed by atoms with Crippen molar-refractivity contribution in [2.75, 3.05) is 7.11 Å². The summed E-state index contributed by atoms with van der Waals surface area (Å²) in [6, 6.07) is 0. The average molecular weight is 314 g/mol. The smallest absolute Gasteiger partial charge is 0.308 e. The Kier molecular flexibility index (Phi) is 8.40. The summed E-state index contributed by atoms with van der Waals surface area (Å²) in [5, 5.41) is 0. The van der Waals surface area contributed by atoms with Gasteiger partial charge in [0.1, 0.15) is 11.7 Å². The molecule has 130 valence electrons. The Bertz CT molecular complexity index is 331. The highest BCUT2D eigenvalue weighted by Gasteiger charge is 2.41. The van der Waals surface area contributed by atoms with Gasteiger partial charge in [-0.1, -0.05) is 52.9 Å². The van der Waals surface area contributed by atoms with Gasteiger partial charge in [0.25, 0.3) is 0 Å². The fraction of sp³-hybridized carbons (Fsp3) is 0.944. The Hall–Kier alpha value is -0.610. The van der Waals surface area contributed by atoms with Gasteiger partial charge in [-0.15, -0.1) is 0 Å². The maximum atomic E-state index is 11.5. The number of hydrogen-bond acceptors (Lipinski definition) is 4. The van der Waals surface area contributed by atoms with Crippen molar-refractivity contribution in [2.24, 2.45) is 11.8 Å². The van der Waals surface area contributed by atoms with E-state index in [-0.39, 0.29) is 24.1 Å². The van der Waals surface area contributed by atoms with Gasteiger partial charge in [-0.25, -0.2) is 9.78 Å². The van der Waals surface area contributed by atoms with Crippen molar-refractivity contribution >= 4 is 5.97 Å². The molecule has 0 aromatic carbocycles. The monoisotopic (exact) mass is 314 g/mol. The summed E-state index contributed by atoms with van der Waals surface area (Å²) in [4.78, 5) is 22.9. The fourth-order valence-corrected chi connectivity index (χ4v) is 3.50. The molecule has 4 nitrogen and oxygen atoms in total. The zero-order valence-corrected chi connectivity index (χ0v) is 15.0. The molecule has 1 fully saturated rings. The molecule has 1 aliphatic heterocycles. The molecular weight excluding hydrogens is 280 g/mol. The zero-order valence-electron chi connectivity index (χ0n) is 15.0. The lowest BCUT2D eigenvalue weighted by Gasteiger charge is -2.42. The van der Waals surface area contributed by atoms with Crippen molar-refractivity contribution in [3.05, 3.63) is 0 Å². The molecule has 1 aliphatic rings. The molecule has 4 heteroatoms. The summed E-state index contributed by atoms with van der Waals surface area (Å²) in [5.41, 5.74) is -0.234. The molecule has 0 unspecified atom stereocenters. The molecule has 0 aromatic rings. The number of methoxy groups -OCH3 is 1. The lowest BCUT2D eigenvalue weighted by atomic mass is 9.78. The van der Waals surface area contributed by atoms with Crippen molar-refractivity contribution in [1.29, 1.82) is 0 Å². The molecule has 0 spiro atoms. The first kappa shape index (κ1) is 19.4. The normalized spacial score (nSPS) is 30.0. The molecule has 0 aromatic heterocycles. The fourth-order valence-electron chi connectivity index (χ4n) is 3.50. The average Bonchev–Trinajstić information content (AvgIpc) is 2.53. The molecule has 1 saturated heterocycles. The minimum atomic E-state index is -0.234. The molecule has 1 heterocycles. The minimum Gasteiger partial charge on any atom is -0.469 e. The Morgan fingerprint density at radius 1 is 1.36 bits per heavy atom. The van der Waals surface area contributed by atoms with Gasteiger partial charge >= 0.3 is 5.97 Å². The highest BCUT2D eigenvalue weighted by molar-refractivity contribution is 5.69. The summed E-state index contributed by atoms with van der Waals surface area (Å²) < 4.78 is 4.75. The molecule has 22 heavy (non-hydrogen) atoms. The quantitative estimate of drug-likeness (QED) is 0.458. The second kappa shape index (κ2) is 9.51.